The van der Waals surface area contributed by atoms with E-state index in [4.69, 9.17) is 4.74 Å². The van der Waals surface area contributed by atoms with Gasteiger partial charge in [0, 0.05) is 13.2 Å². The van der Waals surface area contributed by atoms with Gasteiger partial charge in [0.1, 0.15) is 6.61 Å². The van der Waals surface area contributed by atoms with Crippen molar-refractivity contribution in [1.29, 1.82) is 0 Å². The number of carbonyl (C=O) groups excluding carboxylic acids is 1. The van der Waals surface area contributed by atoms with Crippen molar-refractivity contribution in [2.75, 3.05) is 7.05 Å². The lowest BCUT2D eigenvalue weighted by Gasteiger charge is -2.16. The number of pyridine rings is 1. The van der Waals surface area contributed by atoms with Gasteiger partial charge in [-0.15, -0.1) is 0 Å². The Bertz CT molecular complexity index is 514. The van der Waals surface area contributed by atoms with E-state index in [1.807, 2.05) is 48.5 Å². The van der Waals surface area contributed by atoms with Crippen LogP contribution < -0.4 is 0 Å². The van der Waals surface area contributed by atoms with Crippen molar-refractivity contribution in [2.45, 2.75) is 13.2 Å². The minimum Gasteiger partial charge on any atom is -0.445 e. The van der Waals surface area contributed by atoms with Gasteiger partial charge < -0.3 is 9.64 Å². The van der Waals surface area contributed by atoms with Crippen LogP contribution in [0.2, 0.25) is 0 Å². The first kappa shape index (κ1) is 13.1. The first-order valence-electron chi connectivity index (χ1n) is 6.07. The Kier molecular flexibility index (Phi) is 4.50. The van der Waals surface area contributed by atoms with Gasteiger partial charge in [-0.05, 0) is 17.7 Å². The van der Waals surface area contributed by atoms with Gasteiger partial charge in [-0.25, -0.2) is 4.79 Å². The summed E-state index contributed by atoms with van der Waals surface area (Å²) in [6.45, 7) is 0.723. The average molecular weight is 256 g/mol. The van der Waals surface area contributed by atoms with Crippen LogP contribution in [-0.4, -0.2) is 23.0 Å². The van der Waals surface area contributed by atoms with E-state index in [0.717, 1.165) is 11.3 Å². The minimum atomic E-state index is -0.352. The Morgan fingerprint density at radius 2 is 1.89 bits per heavy atom. The maximum absolute atomic E-state index is 11.8. The number of amides is 1. The monoisotopic (exact) mass is 256 g/mol. The summed E-state index contributed by atoms with van der Waals surface area (Å²) < 4.78 is 5.22. The lowest BCUT2D eigenvalue weighted by molar-refractivity contribution is 0.102. The molecule has 0 saturated carbocycles. The van der Waals surface area contributed by atoms with Crippen LogP contribution in [0.1, 0.15) is 11.3 Å². The Morgan fingerprint density at radius 1 is 1.16 bits per heavy atom. The lowest BCUT2D eigenvalue weighted by atomic mass is 10.2. The second kappa shape index (κ2) is 6.54. The highest BCUT2D eigenvalue weighted by atomic mass is 16.6. The van der Waals surface area contributed by atoms with Crippen LogP contribution in [-0.2, 0) is 17.9 Å². The van der Waals surface area contributed by atoms with Gasteiger partial charge in [0.15, 0.2) is 0 Å². The zero-order chi connectivity index (χ0) is 13.5. The van der Waals surface area contributed by atoms with E-state index in [9.17, 15) is 4.79 Å². The van der Waals surface area contributed by atoms with Crippen molar-refractivity contribution in [3.63, 3.8) is 0 Å². The van der Waals surface area contributed by atoms with Gasteiger partial charge in [0.2, 0.25) is 0 Å². The molecule has 0 bridgehead atoms. The maximum Gasteiger partial charge on any atom is 0.410 e. The van der Waals surface area contributed by atoms with E-state index in [1.54, 1.807) is 13.2 Å². The van der Waals surface area contributed by atoms with Crippen molar-refractivity contribution in [1.82, 2.24) is 9.88 Å². The van der Waals surface area contributed by atoms with E-state index >= 15 is 0 Å². The molecule has 4 heteroatoms. The number of carbonyl (C=O) groups is 1. The number of ether oxygens (including phenoxy) is 1. The number of hydrogen-bond donors (Lipinski definition) is 0. The van der Waals surface area contributed by atoms with Crippen molar-refractivity contribution < 1.29 is 9.53 Å². The second-order valence-corrected chi connectivity index (χ2v) is 4.22. The summed E-state index contributed by atoms with van der Waals surface area (Å²) in [5.41, 5.74) is 1.81. The third kappa shape index (κ3) is 4.10. The molecule has 0 aliphatic rings. The molecular weight excluding hydrogens is 240 g/mol. The quantitative estimate of drug-likeness (QED) is 0.844. The molecule has 1 aromatic carbocycles. The summed E-state index contributed by atoms with van der Waals surface area (Å²) in [7, 11) is 1.70. The van der Waals surface area contributed by atoms with Crippen LogP contribution in [0.4, 0.5) is 4.79 Å². The van der Waals surface area contributed by atoms with E-state index in [1.165, 1.54) is 4.90 Å². The topological polar surface area (TPSA) is 42.4 Å². The van der Waals surface area contributed by atoms with Crippen LogP contribution in [0, 0.1) is 0 Å². The van der Waals surface area contributed by atoms with Crippen LogP contribution in [0.5, 0.6) is 0 Å². The maximum atomic E-state index is 11.8. The Morgan fingerprint density at radius 3 is 2.58 bits per heavy atom. The number of benzene rings is 1. The summed E-state index contributed by atoms with van der Waals surface area (Å²) in [6.07, 6.45) is 1.35. The number of hydrogen-bond acceptors (Lipinski definition) is 3. The zero-order valence-electron chi connectivity index (χ0n) is 10.8. The lowest BCUT2D eigenvalue weighted by Crippen LogP contribution is -2.27. The summed E-state index contributed by atoms with van der Waals surface area (Å²) in [6, 6.07) is 15.2. The van der Waals surface area contributed by atoms with Gasteiger partial charge in [-0.2, -0.15) is 0 Å². The number of rotatable bonds is 4. The fourth-order valence-corrected chi connectivity index (χ4v) is 1.63. The Balaban J connectivity index is 1.83. The Hall–Kier alpha value is -2.36. The average Bonchev–Trinajstić information content (AvgIpc) is 2.47. The fraction of sp³-hybridized carbons (Fsp3) is 0.200. The molecule has 19 heavy (non-hydrogen) atoms. The molecular formula is C15H16N2O2. The SMILES string of the molecule is CN(Cc1ccccn1)C(=O)OCc1ccccc1. The van der Waals surface area contributed by atoms with E-state index in [0.29, 0.717) is 6.54 Å². The molecule has 0 aliphatic heterocycles. The second-order valence-electron chi connectivity index (χ2n) is 4.22. The molecule has 0 saturated heterocycles. The third-order valence-corrected chi connectivity index (χ3v) is 2.64. The van der Waals surface area contributed by atoms with Crippen LogP contribution in [0.15, 0.2) is 54.7 Å². The van der Waals surface area contributed by atoms with Crippen molar-refractivity contribution in [2.24, 2.45) is 0 Å². The highest BCUT2D eigenvalue weighted by Crippen LogP contribution is 2.04. The van der Waals surface area contributed by atoms with Gasteiger partial charge in [0.25, 0.3) is 0 Å². The molecule has 0 atom stereocenters. The van der Waals surface area contributed by atoms with Crippen LogP contribution in [0.3, 0.4) is 0 Å². The van der Waals surface area contributed by atoms with Gasteiger partial charge in [-0.1, -0.05) is 36.4 Å². The van der Waals surface area contributed by atoms with Crippen molar-refractivity contribution >= 4 is 6.09 Å². The van der Waals surface area contributed by atoms with Crippen LogP contribution in [0.25, 0.3) is 0 Å². The molecule has 0 fully saturated rings. The molecule has 0 radical (unpaired) electrons. The number of aromatic nitrogens is 1. The van der Waals surface area contributed by atoms with E-state index < -0.39 is 0 Å². The normalized spacial score (nSPS) is 9.95. The smallest absolute Gasteiger partial charge is 0.410 e. The standard InChI is InChI=1S/C15H16N2O2/c1-17(11-14-9-5-6-10-16-14)15(18)19-12-13-7-3-2-4-8-13/h2-10H,11-12H2,1H3. The van der Waals surface area contributed by atoms with Gasteiger partial charge >= 0.3 is 6.09 Å². The Labute approximate surface area is 112 Å². The van der Waals surface area contributed by atoms with E-state index in [2.05, 4.69) is 4.98 Å². The summed E-state index contributed by atoms with van der Waals surface area (Å²) in [4.78, 5) is 17.5. The molecule has 0 aliphatic carbocycles. The molecule has 1 heterocycles. The third-order valence-electron chi connectivity index (χ3n) is 2.64. The van der Waals surface area contributed by atoms with Crippen molar-refractivity contribution in [3.8, 4) is 0 Å². The molecule has 98 valence electrons. The zero-order valence-corrected chi connectivity index (χ0v) is 10.8. The van der Waals surface area contributed by atoms with Gasteiger partial charge in [0.05, 0.1) is 12.2 Å². The number of nitrogens with zero attached hydrogens (tertiary/aromatic N) is 2. The highest BCUT2D eigenvalue weighted by Gasteiger charge is 2.10. The molecule has 2 rings (SSSR count). The largest absolute Gasteiger partial charge is 0.445 e. The first-order chi connectivity index (χ1) is 9.25. The summed E-state index contributed by atoms with van der Waals surface area (Å²) >= 11 is 0. The molecule has 2 aromatic rings. The van der Waals surface area contributed by atoms with Gasteiger partial charge in [-0.3, -0.25) is 4.98 Å². The molecule has 0 N–H and O–H groups in total. The fourth-order valence-electron chi connectivity index (χ4n) is 1.63. The minimum absolute atomic E-state index is 0.284. The molecule has 1 amide bonds. The highest BCUT2D eigenvalue weighted by molar-refractivity contribution is 5.67. The summed E-state index contributed by atoms with van der Waals surface area (Å²) in [5, 5.41) is 0. The van der Waals surface area contributed by atoms with Crippen LogP contribution >= 0.6 is 0 Å². The molecule has 4 nitrogen and oxygen atoms in total. The first-order valence-corrected chi connectivity index (χ1v) is 6.07. The predicted molar refractivity (Wildman–Crippen MR) is 72.3 cm³/mol. The predicted octanol–water partition coefficient (Wildman–Crippen LogP) is 2.85. The molecule has 1 aromatic heterocycles. The molecule has 0 unspecified atom stereocenters. The molecule has 0 spiro atoms. The summed E-state index contributed by atoms with van der Waals surface area (Å²) in [5.74, 6) is 0. The van der Waals surface area contributed by atoms with E-state index in [-0.39, 0.29) is 12.7 Å². The van der Waals surface area contributed by atoms with Crippen molar-refractivity contribution in [3.05, 3.63) is 66.0 Å².